The van der Waals surface area contributed by atoms with Crippen LogP contribution in [0.4, 0.5) is 0 Å². The first-order valence-electron chi connectivity index (χ1n) is 8.32. The number of carboxylic acid groups (broad SMARTS) is 1. The minimum Gasteiger partial charge on any atom is -0.481 e. The number of hydrogen-bond donors (Lipinski definition) is 2. The third-order valence-corrected chi connectivity index (χ3v) is 4.47. The van der Waals surface area contributed by atoms with E-state index in [0.29, 0.717) is 17.9 Å². The molecule has 2 unspecified atom stereocenters. The molecule has 0 bridgehead atoms. The van der Waals surface area contributed by atoms with E-state index in [1.807, 2.05) is 30.3 Å². The fourth-order valence-corrected chi connectivity index (χ4v) is 2.87. The molecule has 0 spiro atoms. The van der Waals surface area contributed by atoms with Gasteiger partial charge in [0.25, 0.3) is 0 Å². The summed E-state index contributed by atoms with van der Waals surface area (Å²) in [6.45, 7) is 1.53. The van der Waals surface area contributed by atoms with Crippen molar-refractivity contribution in [2.45, 2.75) is 32.2 Å². The number of hydroxylamine groups is 2. The van der Waals surface area contributed by atoms with E-state index >= 15 is 0 Å². The van der Waals surface area contributed by atoms with Crippen molar-refractivity contribution in [3.8, 4) is 11.1 Å². The molecule has 0 saturated heterocycles. The van der Waals surface area contributed by atoms with Gasteiger partial charge in [0.05, 0.1) is 12.0 Å². The van der Waals surface area contributed by atoms with Gasteiger partial charge in [-0.25, -0.2) is 5.06 Å². The number of rotatable bonds is 9. The second kappa shape index (κ2) is 8.99. The molecule has 5 heteroatoms. The van der Waals surface area contributed by atoms with E-state index < -0.39 is 17.9 Å². The van der Waals surface area contributed by atoms with Gasteiger partial charge in [-0.15, -0.1) is 0 Å². The number of carbonyl (C=O) groups is 2. The number of benzene rings is 2. The topological polar surface area (TPSA) is 77.8 Å². The van der Waals surface area contributed by atoms with Gasteiger partial charge in [-0.2, -0.15) is 0 Å². The number of aryl methyl sites for hydroxylation is 1. The molecule has 25 heavy (non-hydrogen) atoms. The lowest BCUT2D eigenvalue weighted by atomic mass is 9.93. The Morgan fingerprint density at radius 3 is 2.24 bits per heavy atom. The van der Waals surface area contributed by atoms with Crippen LogP contribution in [0.3, 0.4) is 0 Å². The zero-order chi connectivity index (χ0) is 18.2. The van der Waals surface area contributed by atoms with Crippen LogP contribution in [-0.2, 0) is 16.0 Å². The average Bonchev–Trinajstić information content (AvgIpc) is 2.65. The lowest BCUT2D eigenvalue weighted by molar-refractivity contribution is -0.170. The highest BCUT2D eigenvalue weighted by Crippen LogP contribution is 2.21. The molecule has 2 aromatic carbocycles. The Labute approximate surface area is 147 Å². The molecule has 0 aliphatic heterocycles. The zero-order valence-corrected chi connectivity index (χ0v) is 14.2. The van der Waals surface area contributed by atoms with Crippen molar-refractivity contribution in [1.29, 1.82) is 0 Å². The summed E-state index contributed by atoms with van der Waals surface area (Å²) in [5.41, 5.74) is 3.43. The molecule has 0 aliphatic carbocycles. The second-order valence-electron chi connectivity index (χ2n) is 6.13. The molecule has 0 aliphatic rings. The Bertz CT molecular complexity index is 685. The summed E-state index contributed by atoms with van der Waals surface area (Å²) in [5.74, 6) is -1.80. The first kappa shape index (κ1) is 18.7. The van der Waals surface area contributed by atoms with Crippen molar-refractivity contribution in [1.82, 2.24) is 5.06 Å². The Kier molecular flexibility index (Phi) is 6.71. The van der Waals surface area contributed by atoms with Crippen molar-refractivity contribution in [2.75, 3.05) is 0 Å². The van der Waals surface area contributed by atoms with Crippen LogP contribution in [0.25, 0.3) is 11.1 Å². The summed E-state index contributed by atoms with van der Waals surface area (Å²) in [7, 11) is 0. The highest BCUT2D eigenvalue weighted by atomic mass is 16.5. The standard InChI is InChI=1S/C20H23NO4/c1-15(21(25)14-22)19(20(23)24)9-5-6-16-10-12-18(13-11-16)17-7-3-2-4-8-17/h2-4,7-8,10-15,19,25H,5-6,9H2,1H3,(H,23,24). The number of nitrogens with zero attached hydrogens (tertiary/aromatic N) is 1. The van der Waals surface area contributed by atoms with E-state index in [1.54, 1.807) is 0 Å². The van der Waals surface area contributed by atoms with E-state index in [4.69, 9.17) is 0 Å². The van der Waals surface area contributed by atoms with Gasteiger partial charge in [0.2, 0.25) is 6.41 Å². The van der Waals surface area contributed by atoms with Crippen molar-refractivity contribution in [3.05, 3.63) is 60.2 Å². The monoisotopic (exact) mass is 341 g/mol. The second-order valence-corrected chi connectivity index (χ2v) is 6.13. The molecular weight excluding hydrogens is 318 g/mol. The fraction of sp³-hybridized carbons (Fsp3) is 0.300. The van der Waals surface area contributed by atoms with Gasteiger partial charge < -0.3 is 5.11 Å². The lowest BCUT2D eigenvalue weighted by Gasteiger charge is -2.24. The Hall–Kier alpha value is -2.66. The van der Waals surface area contributed by atoms with Crippen LogP contribution >= 0.6 is 0 Å². The summed E-state index contributed by atoms with van der Waals surface area (Å²) >= 11 is 0. The molecule has 2 rings (SSSR count). The quantitative estimate of drug-likeness (QED) is 0.415. The van der Waals surface area contributed by atoms with E-state index in [-0.39, 0.29) is 6.41 Å². The van der Waals surface area contributed by atoms with Crippen molar-refractivity contribution in [2.24, 2.45) is 5.92 Å². The van der Waals surface area contributed by atoms with Crippen LogP contribution < -0.4 is 0 Å². The van der Waals surface area contributed by atoms with Crippen molar-refractivity contribution in [3.63, 3.8) is 0 Å². The first-order valence-corrected chi connectivity index (χ1v) is 8.32. The SMILES string of the molecule is CC(C(CCCc1ccc(-c2ccccc2)cc1)C(=O)O)N(O)C=O. The predicted octanol–water partition coefficient (Wildman–Crippen LogP) is 3.61. The maximum Gasteiger partial charge on any atom is 0.308 e. The molecule has 0 fully saturated rings. The number of carboxylic acids is 1. The maximum absolute atomic E-state index is 11.4. The third kappa shape index (κ3) is 5.16. The van der Waals surface area contributed by atoms with E-state index in [2.05, 4.69) is 24.3 Å². The number of amides is 1. The summed E-state index contributed by atoms with van der Waals surface area (Å²) < 4.78 is 0. The van der Waals surface area contributed by atoms with Gasteiger partial charge in [0, 0.05) is 0 Å². The van der Waals surface area contributed by atoms with Crippen molar-refractivity contribution >= 4 is 12.4 Å². The van der Waals surface area contributed by atoms with Crippen LogP contribution in [0.5, 0.6) is 0 Å². The van der Waals surface area contributed by atoms with Crippen LogP contribution in [0.1, 0.15) is 25.3 Å². The molecule has 1 amide bonds. The molecule has 2 atom stereocenters. The molecular formula is C20H23NO4. The van der Waals surface area contributed by atoms with Gasteiger partial charge in [0.15, 0.2) is 0 Å². The number of carbonyl (C=O) groups excluding carboxylic acids is 1. The molecule has 0 aromatic heterocycles. The summed E-state index contributed by atoms with van der Waals surface area (Å²) in [5, 5.41) is 19.1. The van der Waals surface area contributed by atoms with Gasteiger partial charge in [-0.3, -0.25) is 14.8 Å². The molecule has 2 N–H and O–H groups in total. The van der Waals surface area contributed by atoms with Crippen LogP contribution in [0.15, 0.2) is 54.6 Å². The Morgan fingerprint density at radius 2 is 1.68 bits per heavy atom. The maximum atomic E-state index is 11.4. The smallest absolute Gasteiger partial charge is 0.308 e. The Balaban J connectivity index is 1.92. The number of hydrogen-bond acceptors (Lipinski definition) is 3. The van der Waals surface area contributed by atoms with Gasteiger partial charge in [-0.1, -0.05) is 54.6 Å². The van der Waals surface area contributed by atoms with Gasteiger partial charge in [-0.05, 0) is 42.9 Å². The third-order valence-electron chi connectivity index (χ3n) is 4.47. The minimum atomic E-state index is -1.01. The molecule has 0 saturated carbocycles. The summed E-state index contributed by atoms with van der Waals surface area (Å²) in [6.07, 6.45) is 2.04. The molecule has 0 heterocycles. The van der Waals surface area contributed by atoms with E-state index in [1.165, 1.54) is 6.92 Å². The largest absolute Gasteiger partial charge is 0.481 e. The fourth-order valence-electron chi connectivity index (χ4n) is 2.87. The van der Waals surface area contributed by atoms with Crippen molar-refractivity contribution < 1.29 is 19.9 Å². The minimum absolute atomic E-state index is 0.239. The summed E-state index contributed by atoms with van der Waals surface area (Å²) in [4.78, 5) is 22.0. The molecule has 2 aromatic rings. The Morgan fingerprint density at radius 1 is 1.08 bits per heavy atom. The van der Waals surface area contributed by atoms with E-state index in [9.17, 15) is 19.9 Å². The molecule has 0 radical (unpaired) electrons. The lowest BCUT2D eigenvalue weighted by Crippen LogP contribution is -2.39. The zero-order valence-electron chi connectivity index (χ0n) is 14.2. The number of aliphatic carboxylic acids is 1. The molecule has 132 valence electrons. The average molecular weight is 341 g/mol. The van der Waals surface area contributed by atoms with E-state index in [0.717, 1.165) is 23.1 Å². The van der Waals surface area contributed by atoms with Crippen LogP contribution in [0.2, 0.25) is 0 Å². The van der Waals surface area contributed by atoms with Gasteiger partial charge in [0.1, 0.15) is 0 Å². The van der Waals surface area contributed by atoms with Crippen LogP contribution in [-0.4, -0.2) is 33.8 Å². The van der Waals surface area contributed by atoms with Gasteiger partial charge >= 0.3 is 5.97 Å². The summed E-state index contributed by atoms with van der Waals surface area (Å²) in [6, 6.07) is 17.6. The first-order chi connectivity index (χ1) is 12.0. The predicted molar refractivity (Wildman–Crippen MR) is 95.1 cm³/mol. The highest BCUT2D eigenvalue weighted by Gasteiger charge is 2.28. The normalized spacial score (nSPS) is 13.0. The molecule has 5 nitrogen and oxygen atoms in total. The highest BCUT2D eigenvalue weighted by molar-refractivity contribution is 5.71. The van der Waals surface area contributed by atoms with Crippen LogP contribution in [0, 0.1) is 5.92 Å².